The van der Waals surface area contributed by atoms with E-state index in [-0.39, 0.29) is 22.6 Å². The number of rotatable bonds is 6. The third kappa shape index (κ3) is 4.69. The number of anilines is 1. The summed E-state index contributed by atoms with van der Waals surface area (Å²) >= 11 is 0. The van der Waals surface area contributed by atoms with E-state index >= 15 is 0 Å². The number of hydrogen-bond acceptors (Lipinski definition) is 6. The Kier molecular flexibility index (Phi) is 6.84. The summed E-state index contributed by atoms with van der Waals surface area (Å²) in [5.41, 5.74) is -0.654. The lowest BCUT2D eigenvalue weighted by Gasteiger charge is -2.26. The fourth-order valence-corrected chi connectivity index (χ4v) is 4.18. The number of alkyl halides is 3. The van der Waals surface area contributed by atoms with Gasteiger partial charge in [0, 0.05) is 5.69 Å². The van der Waals surface area contributed by atoms with Crippen LogP contribution in [-0.2, 0) is 15.8 Å². The third-order valence-electron chi connectivity index (χ3n) is 5.99. The smallest absolute Gasteiger partial charge is 0.416 e. The molecule has 1 unspecified atom stereocenters. The maximum atomic E-state index is 13.3. The molecule has 1 atom stereocenters. The molecular weight excluding hydrogens is 491 g/mol. The fraction of sp³-hybridized carbons (Fsp3) is 0.185. The summed E-state index contributed by atoms with van der Waals surface area (Å²) in [4.78, 5) is 27.7. The minimum absolute atomic E-state index is 0.0413. The van der Waals surface area contributed by atoms with Crippen LogP contribution in [0.1, 0.15) is 22.7 Å². The van der Waals surface area contributed by atoms with Crippen LogP contribution >= 0.6 is 0 Å². The minimum atomic E-state index is -4.58. The number of hydrogen-bond donors (Lipinski definition) is 1. The first kappa shape index (κ1) is 25.6. The van der Waals surface area contributed by atoms with Crippen LogP contribution in [0.15, 0.2) is 72.3 Å². The number of amides is 1. The van der Waals surface area contributed by atoms with Gasteiger partial charge in [-0.25, -0.2) is 0 Å². The van der Waals surface area contributed by atoms with Crippen LogP contribution in [0.5, 0.6) is 17.2 Å². The molecule has 1 fully saturated rings. The molecule has 1 aliphatic rings. The third-order valence-corrected chi connectivity index (χ3v) is 5.99. The van der Waals surface area contributed by atoms with E-state index in [2.05, 4.69) is 0 Å². The molecule has 192 valence electrons. The van der Waals surface area contributed by atoms with Crippen molar-refractivity contribution < 1.29 is 42.1 Å². The molecule has 3 aromatic rings. The Morgan fingerprint density at radius 2 is 1.51 bits per heavy atom. The van der Waals surface area contributed by atoms with E-state index in [1.165, 1.54) is 33.5 Å². The van der Waals surface area contributed by atoms with Gasteiger partial charge in [-0.15, -0.1) is 0 Å². The lowest BCUT2D eigenvalue weighted by atomic mass is 9.94. The van der Waals surface area contributed by atoms with Crippen molar-refractivity contribution in [3.8, 4) is 17.2 Å². The SMILES string of the molecule is COc1cccc(C2/C(=C(\O)c3cc(OC)ccc3OC)C(=O)C(=O)N2c2ccc(C(F)(F)F)cc2)c1. The van der Waals surface area contributed by atoms with Gasteiger partial charge in [0.05, 0.1) is 44.1 Å². The van der Waals surface area contributed by atoms with Gasteiger partial charge in [-0.2, -0.15) is 13.2 Å². The number of nitrogens with zero attached hydrogens (tertiary/aromatic N) is 1. The normalized spacial score (nSPS) is 17.1. The van der Waals surface area contributed by atoms with Gasteiger partial charge in [0.15, 0.2) is 0 Å². The first-order chi connectivity index (χ1) is 17.6. The molecule has 37 heavy (non-hydrogen) atoms. The van der Waals surface area contributed by atoms with E-state index in [0.29, 0.717) is 17.1 Å². The van der Waals surface area contributed by atoms with Crippen LogP contribution in [0.2, 0.25) is 0 Å². The molecule has 1 N–H and O–H groups in total. The number of methoxy groups -OCH3 is 3. The number of carbonyl (C=O) groups excluding carboxylic acids is 2. The zero-order chi connectivity index (χ0) is 26.9. The first-order valence-corrected chi connectivity index (χ1v) is 10.9. The zero-order valence-corrected chi connectivity index (χ0v) is 20.0. The molecule has 4 rings (SSSR count). The average molecular weight is 513 g/mol. The molecule has 0 radical (unpaired) electrons. The minimum Gasteiger partial charge on any atom is -0.507 e. The number of aliphatic hydroxyl groups is 1. The second-order valence-corrected chi connectivity index (χ2v) is 8.06. The van der Waals surface area contributed by atoms with Crippen molar-refractivity contribution in [1.29, 1.82) is 0 Å². The molecule has 0 aromatic heterocycles. The van der Waals surface area contributed by atoms with Gasteiger partial charge in [-0.3, -0.25) is 14.5 Å². The Balaban J connectivity index is 1.96. The van der Waals surface area contributed by atoms with Gasteiger partial charge in [-0.05, 0) is 60.2 Å². The highest BCUT2D eigenvalue weighted by Crippen LogP contribution is 2.44. The van der Waals surface area contributed by atoms with Gasteiger partial charge >= 0.3 is 6.18 Å². The number of Topliss-reactive ketones (excluding diaryl/α,β-unsaturated/α-hetero) is 1. The van der Waals surface area contributed by atoms with Gasteiger partial charge in [-0.1, -0.05) is 12.1 Å². The van der Waals surface area contributed by atoms with Gasteiger partial charge in [0.25, 0.3) is 11.7 Å². The lowest BCUT2D eigenvalue weighted by Crippen LogP contribution is -2.29. The fourth-order valence-electron chi connectivity index (χ4n) is 4.18. The van der Waals surface area contributed by atoms with Crippen LogP contribution in [0.3, 0.4) is 0 Å². The Bertz CT molecular complexity index is 1380. The Hall–Kier alpha value is -4.47. The van der Waals surface area contributed by atoms with Crippen LogP contribution in [0.25, 0.3) is 5.76 Å². The Morgan fingerprint density at radius 3 is 2.11 bits per heavy atom. The Morgan fingerprint density at radius 1 is 0.865 bits per heavy atom. The molecular formula is C27H22F3NO6. The first-order valence-electron chi connectivity index (χ1n) is 10.9. The van der Waals surface area contributed by atoms with Gasteiger partial charge in [0.1, 0.15) is 23.0 Å². The van der Waals surface area contributed by atoms with Crippen molar-refractivity contribution in [1.82, 2.24) is 0 Å². The summed E-state index contributed by atoms with van der Waals surface area (Å²) in [7, 11) is 4.23. The van der Waals surface area contributed by atoms with E-state index in [4.69, 9.17) is 14.2 Å². The molecule has 0 aliphatic carbocycles. The van der Waals surface area contributed by atoms with E-state index < -0.39 is 35.2 Å². The Labute approximate surface area is 210 Å². The van der Waals surface area contributed by atoms with Crippen LogP contribution < -0.4 is 19.1 Å². The number of halogens is 3. The standard InChI is InChI=1S/C27H22F3NO6/c1-35-18-6-4-5-15(13-18)23-22(24(32)20-14-19(36-2)11-12-21(20)37-3)25(33)26(34)31(23)17-9-7-16(8-10-17)27(28,29)30/h4-14,23,32H,1-3H3/b24-22+. The quantitative estimate of drug-likeness (QED) is 0.272. The van der Waals surface area contributed by atoms with Gasteiger partial charge < -0.3 is 19.3 Å². The maximum Gasteiger partial charge on any atom is 0.416 e. The van der Waals surface area contributed by atoms with E-state index in [1.807, 2.05) is 0 Å². The summed E-state index contributed by atoms with van der Waals surface area (Å²) in [5.74, 6) is -1.59. The summed E-state index contributed by atoms with van der Waals surface area (Å²) in [6.45, 7) is 0. The second kappa shape index (κ2) is 9.88. The number of ether oxygens (including phenoxy) is 3. The zero-order valence-electron chi connectivity index (χ0n) is 20.0. The van der Waals surface area contributed by atoms with Gasteiger partial charge in [0.2, 0.25) is 0 Å². The summed E-state index contributed by atoms with van der Waals surface area (Å²) in [5, 5.41) is 11.4. The molecule has 0 bridgehead atoms. The van der Waals surface area contributed by atoms with Crippen LogP contribution in [0, 0.1) is 0 Å². The highest BCUT2D eigenvalue weighted by molar-refractivity contribution is 6.51. The number of aliphatic hydroxyl groups excluding tert-OH is 1. The lowest BCUT2D eigenvalue weighted by molar-refractivity contribution is -0.137. The van der Waals surface area contributed by atoms with Crippen molar-refractivity contribution in [2.75, 3.05) is 26.2 Å². The molecule has 3 aromatic carbocycles. The highest BCUT2D eigenvalue weighted by Gasteiger charge is 2.47. The van der Waals surface area contributed by atoms with Crippen molar-refractivity contribution in [2.45, 2.75) is 12.2 Å². The monoisotopic (exact) mass is 513 g/mol. The highest BCUT2D eigenvalue weighted by atomic mass is 19.4. The van der Waals surface area contributed by atoms with E-state index in [1.54, 1.807) is 30.3 Å². The van der Waals surface area contributed by atoms with E-state index in [0.717, 1.165) is 29.2 Å². The maximum absolute atomic E-state index is 13.3. The number of ketones is 1. The van der Waals surface area contributed by atoms with Crippen LogP contribution in [-0.4, -0.2) is 38.1 Å². The predicted molar refractivity (Wildman–Crippen MR) is 129 cm³/mol. The molecule has 1 aliphatic heterocycles. The summed E-state index contributed by atoms with van der Waals surface area (Å²) in [6, 6.07) is 13.7. The molecule has 0 saturated carbocycles. The average Bonchev–Trinajstić information content (AvgIpc) is 3.17. The number of benzene rings is 3. The van der Waals surface area contributed by atoms with Crippen molar-refractivity contribution in [3.05, 3.63) is 89.0 Å². The van der Waals surface area contributed by atoms with Crippen molar-refractivity contribution >= 4 is 23.1 Å². The second-order valence-electron chi connectivity index (χ2n) is 8.06. The van der Waals surface area contributed by atoms with Crippen molar-refractivity contribution in [3.63, 3.8) is 0 Å². The predicted octanol–water partition coefficient (Wildman–Crippen LogP) is 5.36. The van der Waals surface area contributed by atoms with Crippen LogP contribution in [0.4, 0.5) is 18.9 Å². The number of carbonyl (C=O) groups is 2. The molecule has 10 heteroatoms. The largest absolute Gasteiger partial charge is 0.507 e. The topological polar surface area (TPSA) is 85.3 Å². The molecule has 1 amide bonds. The molecule has 0 spiro atoms. The molecule has 7 nitrogen and oxygen atoms in total. The van der Waals surface area contributed by atoms with E-state index in [9.17, 15) is 27.9 Å². The van der Waals surface area contributed by atoms with Crippen molar-refractivity contribution in [2.24, 2.45) is 0 Å². The summed E-state index contributed by atoms with van der Waals surface area (Å²) < 4.78 is 55.3. The summed E-state index contributed by atoms with van der Waals surface area (Å²) in [6.07, 6.45) is -4.58. The molecule has 1 saturated heterocycles. The molecule has 1 heterocycles.